The average Bonchev–Trinajstić information content (AvgIpc) is 2.51. The lowest BCUT2D eigenvalue weighted by molar-refractivity contribution is 0.0450. The Balaban J connectivity index is 0. The van der Waals surface area contributed by atoms with E-state index < -0.39 is 16.5 Å². The molecule has 0 atom stereocenters. The van der Waals surface area contributed by atoms with Crippen LogP contribution in [0.15, 0.2) is 0 Å². The van der Waals surface area contributed by atoms with Crippen molar-refractivity contribution in [1.82, 2.24) is 0 Å². The van der Waals surface area contributed by atoms with Gasteiger partial charge < -0.3 is 19.9 Å². The minimum Gasteiger partial charge on any atom is -0.726 e. The lowest BCUT2D eigenvalue weighted by Gasteiger charge is -2.06. The summed E-state index contributed by atoms with van der Waals surface area (Å²) < 4.78 is 34.5. The monoisotopic (exact) mass is 357 g/mol. The lowest BCUT2D eigenvalue weighted by Crippen LogP contribution is -2.15. The Hall–Kier alpha value is -0.250. The maximum Gasteiger partial charge on any atom is 0.217 e. The topological polar surface area (TPSA) is 127 Å². The van der Waals surface area contributed by atoms with Gasteiger partial charge in [0.15, 0.2) is 0 Å². The summed E-state index contributed by atoms with van der Waals surface area (Å²) in [4.78, 5) is 0. The fraction of sp³-hybridized carbons (Fsp3) is 1.00. The Kier molecular flexibility index (Phi) is 19.7. The molecule has 0 heterocycles. The molecule has 3 N–H and O–H groups in total. The summed E-state index contributed by atoms with van der Waals surface area (Å²) in [7, 11) is -4.48. The van der Waals surface area contributed by atoms with Crippen LogP contribution in [0.3, 0.4) is 0 Å². The van der Waals surface area contributed by atoms with Gasteiger partial charge in [0.1, 0.15) is 6.10 Å². The Morgan fingerprint density at radius 2 is 1.26 bits per heavy atom. The van der Waals surface area contributed by atoms with Crippen molar-refractivity contribution in [1.29, 1.82) is 0 Å². The molecule has 0 saturated carbocycles. The van der Waals surface area contributed by atoms with Crippen LogP contribution in [0, 0.1) is 0 Å². The van der Waals surface area contributed by atoms with Gasteiger partial charge in [0.2, 0.25) is 10.4 Å². The van der Waals surface area contributed by atoms with Crippen LogP contribution < -0.4 is 0 Å². The molecule has 0 aliphatic rings. The van der Waals surface area contributed by atoms with Crippen LogP contribution in [0.1, 0.15) is 71.1 Å². The molecule has 142 valence electrons. The van der Waals surface area contributed by atoms with Crippen LogP contribution >= 0.6 is 0 Å². The number of hydrogen-bond donors (Lipinski definition) is 3. The molecule has 0 aliphatic heterocycles. The first kappa shape index (κ1) is 25.0. The van der Waals surface area contributed by atoms with Gasteiger partial charge in [-0.25, -0.2) is 8.42 Å². The molecule has 0 spiro atoms. The summed E-state index contributed by atoms with van der Waals surface area (Å²) >= 11 is 0. The first-order valence-corrected chi connectivity index (χ1v) is 9.70. The summed E-state index contributed by atoms with van der Waals surface area (Å²) in [6.45, 7) is 1.51. The third-order valence-corrected chi connectivity index (χ3v) is 3.60. The number of rotatable bonds is 14. The van der Waals surface area contributed by atoms with E-state index in [-0.39, 0.29) is 19.8 Å². The van der Waals surface area contributed by atoms with Crippen molar-refractivity contribution in [2.75, 3.05) is 19.8 Å². The van der Waals surface area contributed by atoms with Crippen molar-refractivity contribution < 1.29 is 32.5 Å². The van der Waals surface area contributed by atoms with Crippen molar-refractivity contribution in [2.45, 2.75) is 77.2 Å². The fourth-order valence-corrected chi connectivity index (χ4v) is 2.13. The highest BCUT2D eigenvalue weighted by Crippen LogP contribution is 2.10. The molecule has 0 rings (SSSR count). The maximum absolute atomic E-state index is 10.1. The lowest BCUT2D eigenvalue weighted by atomic mass is 10.1. The third kappa shape index (κ3) is 26.9. The molecule has 7 nitrogen and oxygen atoms in total. The quantitative estimate of drug-likeness (QED) is 0.245. The minimum absolute atomic E-state index is 0.0301. The first-order chi connectivity index (χ1) is 10.9. The van der Waals surface area contributed by atoms with Crippen LogP contribution in [0.2, 0.25) is 0 Å². The summed E-state index contributed by atoms with van der Waals surface area (Å²) in [6.07, 6.45) is 10.7. The normalized spacial score (nSPS) is 11.4. The molecule has 0 aromatic heterocycles. The van der Waals surface area contributed by atoms with Gasteiger partial charge in [0.05, 0.1) is 19.8 Å². The van der Waals surface area contributed by atoms with Gasteiger partial charge in [-0.15, -0.1) is 0 Å². The average molecular weight is 357 g/mol. The molecule has 8 heteroatoms. The SMILES string of the molecule is CCCCCCCCCCCCOS(=O)(=O)[O-].OCC(O)CO. The molecule has 0 unspecified atom stereocenters. The number of unbranched alkanes of at least 4 members (excludes halogenated alkanes) is 9. The summed E-state index contributed by atoms with van der Waals surface area (Å²) in [5, 5.41) is 24.0. The second kappa shape index (κ2) is 18.1. The molecular weight excluding hydrogens is 324 g/mol. The van der Waals surface area contributed by atoms with E-state index in [9.17, 15) is 13.0 Å². The zero-order valence-corrected chi connectivity index (χ0v) is 15.0. The summed E-state index contributed by atoms with van der Waals surface area (Å²) in [5.41, 5.74) is 0. The van der Waals surface area contributed by atoms with Crippen molar-refractivity contribution in [3.05, 3.63) is 0 Å². The van der Waals surface area contributed by atoms with Crippen LogP contribution in [0.5, 0.6) is 0 Å². The van der Waals surface area contributed by atoms with E-state index in [1.165, 1.54) is 44.9 Å². The molecule has 23 heavy (non-hydrogen) atoms. The number of hydrogen-bond acceptors (Lipinski definition) is 7. The van der Waals surface area contributed by atoms with Crippen molar-refractivity contribution in [3.8, 4) is 0 Å². The van der Waals surface area contributed by atoms with Gasteiger partial charge in [0, 0.05) is 0 Å². The zero-order chi connectivity index (χ0) is 18.0. The van der Waals surface area contributed by atoms with E-state index in [2.05, 4.69) is 11.1 Å². The van der Waals surface area contributed by atoms with Gasteiger partial charge in [-0.05, 0) is 6.42 Å². The highest BCUT2D eigenvalue weighted by molar-refractivity contribution is 7.80. The molecular formula is C15H33O7S-. The highest BCUT2D eigenvalue weighted by atomic mass is 32.3. The van der Waals surface area contributed by atoms with Gasteiger partial charge in [-0.1, -0.05) is 64.7 Å². The Bertz CT molecular complexity index is 316. The van der Waals surface area contributed by atoms with Crippen LogP contribution in [0.4, 0.5) is 0 Å². The van der Waals surface area contributed by atoms with E-state index in [4.69, 9.17) is 15.3 Å². The zero-order valence-electron chi connectivity index (χ0n) is 14.2. The maximum atomic E-state index is 10.1. The summed E-state index contributed by atoms with van der Waals surface area (Å²) in [5.74, 6) is 0. The standard InChI is InChI=1S/C12H26O4S.C3H8O3/c1-2-3-4-5-6-7-8-9-10-11-12-16-17(13,14)15;4-1-3(6)2-5/h2-12H2,1H3,(H,13,14,15);3-6H,1-2H2/p-1. The van der Waals surface area contributed by atoms with E-state index in [1.807, 2.05) is 0 Å². The van der Waals surface area contributed by atoms with E-state index in [0.29, 0.717) is 6.42 Å². The predicted molar refractivity (Wildman–Crippen MR) is 87.7 cm³/mol. The second-order valence-corrected chi connectivity index (χ2v) is 6.48. The van der Waals surface area contributed by atoms with E-state index in [0.717, 1.165) is 12.8 Å². The van der Waals surface area contributed by atoms with Crippen LogP contribution in [-0.2, 0) is 14.6 Å². The van der Waals surface area contributed by atoms with Gasteiger partial charge in [-0.2, -0.15) is 0 Å². The second-order valence-electron chi connectivity index (χ2n) is 5.43. The Labute approximate surface area is 140 Å². The highest BCUT2D eigenvalue weighted by Gasteiger charge is 1.96. The fourth-order valence-electron chi connectivity index (χ4n) is 1.81. The predicted octanol–water partition coefficient (Wildman–Crippen LogP) is 1.72. The van der Waals surface area contributed by atoms with Crippen LogP contribution in [-0.4, -0.2) is 54.2 Å². The Morgan fingerprint density at radius 1 is 0.870 bits per heavy atom. The van der Waals surface area contributed by atoms with Gasteiger partial charge in [-0.3, -0.25) is 4.18 Å². The van der Waals surface area contributed by atoms with Gasteiger partial charge >= 0.3 is 0 Å². The van der Waals surface area contributed by atoms with Crippen LogP contribution in [0.25, 0.3) is 0 Å². The summed E-state index contributed by atoms with van der Waals surface area (Å²) in [6, 6.07) is 0. The van der Waals surface area contributed by atoms with E-state index in [1.54, 1.807) is 0 Å². The molecule has 0 amide bonds. The molecule has 0 aromatic rings. The molecule has 0 radical (unpaired) electrons. The van der Waals surface area contributed by atoms with E-state index >= 15 is 0 Å². The number of aliphatic hydroxyl groups excluding tert-OH is 3. The third-order valence-electron chi connectivity index (χ3n) is 3.15. The van der Waals surface area contributed by atoms with Gasteiger partial charge in [0.25, 0.3) is 0 Å². The first-order valence-electron chi connectivity index (χ1n) is 8.37. The smallest absolute Gasteiger partial charge is 0.217 e. The minimum atomic E-state index is -4.48. The molecule has 0 fully saturated rings. The molecule has 0 aromatic carbocycles. The molecule has 0 saturated heterocycles. The molecule has 0 aliphatic carbocycles. The number of aliphatic hydroxyl groups is 3. The van der Waals surface area contributed by atoms with Crippen molar-refractivity contribution in [3.63, 3.8) is 0 Å². The molecule has 0 bridgehead atoms. The van der Waals surface area contributed by atoms with Crippen molar-refractivity contribution in [2.24, 2.45) is 0 Å². The largest absolute Gasteiger partial charge is 0.726 e. The Morgan fingerprint density at radius 3 is 1.57 bits per heavy atom. The van der Waals surface area contributed by atoms with Crippen molar-refractivity contribution >= 4 is 10.4 Å².